The molecular formula is C16H21N5O2S. The van der Waals surface area contributed by atoms with E-state index in [1.807, 2.05) is 25.1 Å². The van der Waals surface area contributed by atoms with Crippen LogP contribution < -0.4 is 5.73 Å². The third-order valence-electron chi connectivity index (χ3n) is 4.33. The number of rotatable bonds is 4. The van der Waals surface area contributed by atoms with Gasteiger partial charge in [-0.2, -0.15) is 5.10 Å². The van der Waals surface area contributed by atoms with E-state index >= 15 is 0 Å². The summed E-state index contributed by atoms with van der Waals surface area (Å²) in [6.45, 7) is 3.19. The van der Waals surface area contributed by atoms with Crippen molar-refractivity contribution in [1.82, 2.24) is 19.7 Å². The van der Waals surface area contributed by atoms with E-state index in [-0.39, 0.29) is 11.8 Å². The van der Waals surface area contributed by atoms with Crippen molar-refractivity contribution < 1.29 is 9.59 Å². The highest BCUT2D eigenvalue weighted by Gasteiger charge is 2.27. The molecule has 2 aromatic rings. The maximum atomic E-state index is 12.8. The maximum absolute atomic E-state index is 12.8. The molecule has 0 saturated carbocycles. The molecule has 0 atom stereocenters. The number of hydrogen-bond acceptors (Lipinski definition) is 5. The molecule has 1 saturated heterocycles. The Balaban J connectivity index is 1.70. The molecule has 0 aliphatic carbocycles. The molecule has 8 heteroatoms. The van der Waals surface area contributed by atoms with E-state index in [0.717, 1.165) is 29.1 Å². The fraction of sp³-hybridized carbons (Fsp3) is 0.500. The van der Waals surface area contributed by atoms with Crippen LogP contribution in [0.5, 0.6) is 0 Å². The van der Waals surface area contributed by atoms with Gasteiger partial charge >= 0.3 is 0 Å². The zero-order valence-electron chi connectivity index (χ0n) is 13.9. The standard InChI is InChI=1S/C16H21N5O2S/c1-10-14(24-15(19-10)12-8-18-20(2)9-12)16(23)21-5-3-11(4-6-21)7-13(17)22/h8-9,11H,3-7H2,1-2H3,(H2,17,22). The lowest BCUT2D eigenvalue weighted by Crippen LogP contribution is -2.39. The van der Waals surface area contributed by atoms with Crippen molar-refractivity contribution >= 4 is 23.2 Å². The predicted molar refractivity (Wildman–Crippen MR) is 91.5 cm³/mol. The van der Waals surface area contributed by atoms with Gasteiger partial charge in [0, 0.05) is 38.3 Å². The van der Waals surface area contributed by atoms with Crippen molar-refractivity contribution in [2.45, 2.75) is 26.2 Å². The van der Waals surface area contributed by atoms with Crippen LogP contribution in [0.2, 0.25) is 0 Å². The second-order valence-corrected chi connectivity index (χ2v) is 7.24. The highest BCUT2D eigenvalue weighted by molar-refractivity contribution is 7.17. The zero-order valence-corrected chi connectivity index (χ0v) is 14.7. The molecular weight excluding hydrogens is 326 g/mol. The molecule has 128 valence electrons. The Morgan fingerprint density at radius 3 is 2.67 bits per heavy atom. The van der Waals surface area contributed by atoms with Crippen molar-refractivity contribution in [3.8, 4) is 10.6 Å². The molecule has 2 aromatic heterocycles. The fourth-order valence-electron chi connectivity index (χ4n) is 3.02. The number of aromatic nitrogens is 3. The quantitative estimate of drug-likeness (QED) is 0.908. The van der Waals surface area contributed by atoms with Crippen LogP contribution in [0.25, 0.3) is 10.6 Å². The Labute approximate surface area is 144 Å². The van der Waals surface area contributed by atoms with Crippen molar-refractivity contribution in [2.75, 3.05) is 13.1 Å². The molecule has 0 aromatic carbocycles. The highest BCUT2D eigenvalue weighted by atomic mass is 32.1. The molecule has 2 amide bonds. The fourth-order valence-corrected chi connectivity index (χ4v) is 4.03. The molecule has 1 fully saturated rings. The monoisotopic (exact) mass is 347 g/mol. The normalized spacial score (nSPS) is 15.7. The smallest absolute Gasteiger partial charge is 0.265 e. The van der Waals surface area contributed by atoms with E-state index in [9.17, 15) is 9.59 Å². The summed E-state index contributed by atoms with van der Waals surface area (Å²) >= 11 is 1.41. The first-order chi connectivity index (χ1) is 11.4. The lowest BCUT2D eigenvalue weighted by molar-refractivity contribution is -0.119. The first-order valence-corrected chi connectivity index (χ1v) is 8.79. The number of carbonyl (C=O) groups excluding carboxylic acids is 2. The topological polar surface area (TPSA) is 94.1 Å². The van der Waals surface area contributed by atoms with Crippen molar-refractivity contribution in [3.05, 3.63) is 23.0 Å². The molecule has 24 heavy (non-hydrogen) atoms. The number of primary amides is 1. The minimum absolute atomic E-state index is 0.0256. The van der Waals surface area contributed by atoms with Gasteiger partial charge in [0.15, 0.2) is 0 Å². The summed E-state index contributed by atoms with van der Waals surface area (Å²) in [5.41, 5.74) is 6.93. The number of piperidine rings is 1. The predicted octanol–water partition coefficient (Wildman–Crippen LogP) is 1.58. The first kappa shape index (κ1) is 16.6. The minimum Gasteiger partial charge on any atom is -0.370 e. The van der Waals surface area contributed by atoms with Crippen molar-refractivity contribution in [2.24, 2.45) is 18.7 Å². The molecule has 3 rings (SSSR count). The first-order valence-electron chi connectivity index (χ1n) is 7.98. The van der Waals surface area contributed by atoms with Crippen LogP contribution in [-0.4, -0.2) is 44.6 Å². The molecule has 7 nitrogen and oxygen atoms in total. The Bertz CT molecular complexity index is 758. The molecule has 0 bridgehead atoms. The van der Waals surface area contributed by atoms with Gasteiger partial charge in [0.25, 0.3) is 5.91 Å². The number of amides is 2. The largest absolute Gasteiger partial charge is 0.370 e. The number of carbonyl (C=O) groups is 2. The van der Waals surface area contributed by atoms with Crippen LogP contribution in [0.1, 0.15) is 34.6 Å². The van der Waals surface area contributed by atoms with Gasteiger partial charge in [-0.25, -0.2) is 4.98 Å². The minimum atomic E-state index is -0.265. The Morgan fingerprint density at radius 2 is 2.08 bits per heavy atom. The van der Waals surface area contributed by atoms with E-state index in [0.29, 0.717) is 30.3 Å². The SMILES string of the molecule is Cc1nc(-c2cnn(C)c2)sc1C(=O)N1CCC(CC(N)=O)CC1. The van der Waals surface area contributed by atoms with E-state index in [4.69, 9.17) is 5.73 Å². The van der Waals surface area contributed by atoms with Crippen LogP contribution >= 0.6 is 11.3 Å². The number of likely N-dealkylation sites (tertiary alicyclic amines) is 1. The summed E-state index contributed by atoms with van der Waals surface area (Å²) in [4.78, 5) is 30.9. The summed E-state index contributed by atoms with van der Waals surface area (Å²) < 4.78 is 1.72. The lowest BCUT2D eigenvalue weighted by Gasteiger charge is -2.31. The second kappa shape index (κ2) is 6.72. The number of hydrogen-bond donors (Lipinski definition) is 1. The zero-order chi connectivity index (χ0) is 17.3. The Hall–Kier alpha value is -2.22. The number of nitrogens with two attached hydrogens (primary N) is 1. The van der Waals surface area contributed by atoms with Crippen LogP contribution in [0.15, 0.2) is 12.4 Å². The third-order valence-corrected chi connectivity index (χ3v) is 5.53. The van der Waals surface area contributed by atoms with Crippen molar-refractivity contribution in [1.29, 1.82) is 0 Å². The average Bonchev–Trinajstić information content (AvgIpc) is 3.13. The van der Waals surface area contributed by atoms with Gasteiger partial charge in [0.05, 0.1) is 11.9 Å². The van der Waals surface area contributed by atoms with Crippen LogP contribution in [-0.2, 0) is 11.8 Å². The summed E-state index contributed by atoms with van der Waals surface area (Å²) in [6, 6.07) is 0. The van der Waals surface area contributed by atoms with Crippen LogP contribution in [0, 0.1) is 12.8 Å². The molecule has 0 spiro atoms. The summed E-state index contributed by atoms with van der Waals surface area (Å²) in [5.74, 6) is 0.0527. The molecule has 1 aliphatic rings. The molecule has 0 radical (unpaired) electrons. The second-order valence-electron chi connectivity index (χ2n) is 6.24. The van der Waals surface area contributed by atoms with E-state index in [1.54, 1.807) is 10.9 Å². The Morgan fingerprint density at radius 1 is 1.38 bits per heavy atom. The van der Waals surface area contributed by atoms with Crippen LogP contribution in [0.3, 0.4) is 0 Å². The van der Waals surface area contributed by atoms with Crippen molar-refractivity contribution in [3.63, 3.8) is 0 Å². The lowest BCUT2D eigenvalue weighted by atomic mass is 9.93. The third kappa shape index (κ3) is 3.48. The maximum Gasteiger partial charge on any atom is 0.265 e. The summed E-state index contributed by atoms with van der Waals surface area (Å²) in [7, 11) is 1.85. The van der Waals surface area contributed by atoms with Gasteiger partial charge in [-0.3, -0.25) is 14.3 Å². The molecule has 0 unspecified atom stereocenters. The molecule has 2 N–H and O–H groups in total. The van der Waals surface area contributed by atoms with Gasteiger partial charge in [0.1, 0.15) is 9.88 Å². The van der Waals surface area contributed by atoms with Gasteiger partial charge < -0.3 is 10.6 Å². The van der Waals surface area contributed by atoms with E-state index < -0.39 is 0 Å². The summed E-state index contributed by atoms with van der Waals surface area (Å²) in [6.07, 6.45) is 5.69. The van der Waals surface area contributed by atoms with Gasteiger partial charge in [-0.15, -0.1) is 11.3 Å². The van der Waals surface area contributed by atoms with E-state index in [2.05, 4.69) is 10.1 Å². The van der Waals surface area contributed by atoms with Gasteiger partial charge in [-0.05, 0) is 25.7 Å². The number of aryl methyl sites for hydroxylation is 2. The Kier molecular flexibility index (Phi) is 4.66. The highest BCUT2D eigenvalue weighted by Crippen LogP contribution is 2.30. The van der Waals surface area contributed by atoms with Gasteiger partial charge in [0.2, 0.25) is 5.91 Å². The number of thiazole rings is 1. The average molecular weight is 347 g/mol. The molecule has 1 aliphatic heterocycles. The molecule has 3 heterocycles. The van der Waals surface area contributed by atoms with Crippen LogP contribution in [0.4, 0.5) is 0 Å². The number of nitrogens with zero attached hydrogens (tertiary/aromatic N) is 4. The van der Waals surface area contributed by atoms with Gasteiger partial charge in [-0.1, -0.05) is 0 Å². The van der Waals surface area contributed by atoms with E-state index in [1.165, 1.54) is 11.3 Å². The summed E-state index contributed by atoms with van der Waals surface area (Å²) in [5, 5.41) is 4.96.